The number of pyridine rings is 1. The Labute approximate surface area is 120 Å². The Bertz CT molecular complexity index is 502. The van der Waals surface area contributed by atoms with E-state index in [1.807, 2.05) is 33.8 Å². The fourth-order valence-corrected chi connectivity index (χ4v) is 2.09. The van der Waals surface area contributed by atoms with Gasteiger partial charge in [0.05, 0.1) is 11.7 Å². The van der Waals surface area contributed by atoms with E-state index in [1.54, 1.807) is 0 Å². The summed E-state index contributed by atoms with van der Waals surface area (Å²) in [6.45, 7) is 9.56. The summed E-state index contributed by atoms with van der Waals surface area (Å²) in [5.74, 6) is 0.613. The van der Waals surface area contributed by atoms with Gasteiger partial charge in [-0.3, -0.25) is 4.98 Å². The molecule has 1 heterocycles. The van der Waals surface area contributed by atoms with Crippen LogP contribution in [0.4, 0.5) is 4.79 Å². The molecule has 0 aliphatic heterocycles. The first-order valence-corrected chi connectivity index (χ1v) is 7.22. The van der Waals surface area contributed by atoms with Crippen LogP contribution in [0.5, 0.6) is 0 Å². The third-order valence-electron chi connectivity index (χ3n) is 3.18. The van der Waals surface area contributed by atoms with Crippen LogP contribution in [0.15, 0.2) is 12.1 Å². The fraction of sp³-hybridized carbons (Fsp3) is 0.625. The van der Waals surface area contributed by atoms with Gasteiger partial charge in [0, 0.05) is 11.6 Å². The molecule has 0 saturated heterocycles. The highest BCUT2D eigenvalue weighted by molar-refractivity contribution is 5.68. The third kappa shape index (κ3) is 4.22. The molecule has 0 bridgehead atoms. The number of hydrogen-bond donors (Lipinski definition) is 1. The Balaban J connectivity index is 2.05. The van der Waals surface area contributed by atoms with Crippen molar-refractivity contribution in [3.63, 3.8) is 0 Å². The number of aryl methyl sites for hydroxylation is 1. The molecule has 1 aromatic heterocycles. The number of aromatic nitrogens is 1. The van der Waals surface area contributed by atoms with Crippen molar-refractivity contribution in [2.24, 2.45) is 0 Å². The number of amides is 1. The summed E-state index contributed by atoms with van der Waals surface area (Å²) >= 11 is 0. The quantitative estimate of drug-likeness (QED) is 0.912. The van der Waals surface area contributed by atoms with E-state index in [1.165, 1.54) is 18.4 Å². The third-order valence-corrected chi connectivity index (χ3v) is 3.18. The monoisotopic (exact) mass is 276 g/mol. The molecule has 1 saturated carbocycles. The lowest BCUT2D eigenvalue weighted by Crippen LogP contribution is -2.34. The molecule has 0 unspecified atom stereocenters. The summed E-state index contributed by atoms with van der Waals surface area (Å²) in [6, 6.07) is 4.01. The van der Waals surface area contributed by atoms with Gasteiger partial charge >= 0.3 is 6.09 Å². The molecule has 1 aromatic rings. The highest BCUT2D eigenvalue weighted by atomic mass is 16.6. The zero-order valence-electron chi connectivity index (χ0n) is 13.0. The zero-order chi connectivity index (χ0) is 14.9. The van der Waals surface area contributed by atoms with Gasteiger partial charge in [0.2, 0.25) is 0 Å². The Hall–Kier alpha value is -1.58. The van der Waals surface area contributed by atoms with Crippen molar-refractivity contribution in [1.82, 2.24) is 10.3 Å². The van der Waals surface area contributed by atoms with E-state index < -0.39 is 11.7 Å². The van der Waals surface area contributed by atoms with E-state index in [0.717, 1.165) is 11.4 Å². The summed E-state index contributed by atoms with van der Waals surface area (Å²) in [4.78, 5) is 16.5. The van der Waals surface area contributed by atoms with Gasteiger partial charge in [-0.05, 0) is 65.2 Å². The number of nitrogens with zero attached hydrogens (tertiary/aromatic N) is 1. The SMILES string of the molecule is Cc1cc(C2CC2)nc([C@@H](C)NC(=O)OC(C)(C)C)c1. The number of ether oxygens (including phenoxy) is 1. The fourth-order valence-electron chi connectivity index (χ4n) is 2.09. The number of carbonyl (C=O) groups is 1. The highest BCUT2D eigenvalue weighted by Crippen LogP contribution is 2.39. The summed E-state index contributed by atoms with van der Waals surface area (Å²) < 4.78 is 5.27. The molecule has 1 atom stereocenters. The minimum atomic E-state index is -0.483. The van der Waals surface area contributed by atoms with E-state index in [9.17, 15) is 4.79 Å². The number of carbonyl (C=O) groups excluding carboxylic acids is 1. The van der Waals surface area contributed by atoms with E-state index in [4.69, 9.17) is 4.74 Å². The van der Waals surface area contributed by atoms with Gasteiger partial charge in [-0.25, -0.2) is 4.79 Å². The van der Waals surface area contributed by atoms with Gasteiger partial charge in [0.15, 0.2) is 0 Å². The molecule has 0 aromatic carbocycles. The minimum absolute atomic E-state index is 0.151. The highest BCUT2D eigenvalue weighted by Gasteiger charge is 2.26. The normalized spacial score (nSPS) is 16.6. The minimum Gasteiger partial charge on any atom is -0.444 e. The van der Waals surface area contributed by atoms with Crippen molar-refractivity contribution in [1.29, 1.82) is 0 Å². The van der Waals surface area contributed by atoms with Crippen LogP contribution in [-0.4, -0.2) is 16.7 Å². The van der Waals surface area contributed by atoms with Crippen LogP contribution in [0.1, 0.15) is 69.4 Å². The molecular formula is C16H24N2O2. The maximum atomic E-state index is 11.8. The Morgan fingerprint density at radius 1 is 1.40 bits per heavy atom. The largest absolute Gasteiger partial charge is 0.444 e. The van der Waals surface area contributed by atoms with Crippen molar-refractivity contribution in [2.75, 3.05) is 0 Å². The van der Waals surface area contributed by atoms with Gasteiger partial charge in [0.25, 0.3) is 0 Å². The van der Waals surface area contributed by atoms with Crippen LogP contribution in [0.25, 0.3) is 0 Å². The second kappa shape index (κ2) is 5.43. The molecule has 4 heteroatoms. The summed E-state index contributed by atoms with van der Waals surface area (Å²) in [6.07, 6.45) is 2.05. The Morgan fingerprint density at radius 2 is 2.05 bits per heavy atom. The number of alkyl carbamates (subject to hydrolysis) is 1. The molecule has 4 nitrogen and oxygen atoms in total. The summed E-state index contributed by atoms with van der Waals surface area (Å²) in [5, 5.41) is 2.84. The number of nitrogens with one attached hydrogen (secondary N) is 1. The predicted octanol–water partition coefficient (Wildman–Crippen LogP) is 3.85. The van der Waals surface area contributed by atoms with Crippen molar-refractivity contribution in [3.8, 4) is 0 Å². The van der Waals surface area contributed by atoms with Crippen molar-refractivity contribution >= 4 is 6.09 Å². The van der Waals surface area contributed by atoms with Gasteiger partial charge in [-0.1, -0.05) is 0 Å². The van der Waals surface area contributed by atoms with E-state index in [2.05, 4.69) is 23.3 Å². The lowest BCUT2D eigenvalue weighted by molar-refractivity contribution is 0.0507. The molecule has 0 radical (unpaired) electrons. The molecule has 1 aliphatic carbocycles. The van der Waals surface area contributed by atoms with Crippen molar-refractivity contribution < 1.29 is 9.53 Å². The molecule has 1 amide bonds. The van der Waals surface area contributed by atoms with Gasteiger partial charge in [-0.2, -0.15) is 0 Å². The Morgan fingerprint density at radius 3 is 2.60 bits per heavy atom. The topological polar surface area (TPSA) is 51.2 Å². The molecule has 1 aliphatic rings. The average Bonchev–Trinajstić information content (AvgIpc) is 3.08. The smallest absolute Gasteiger partial charge is 0.408 e. The first kappa shape index (κ1) is 14.8. The number of hydrogen-bond acceptors (Lipinski definition) is 3. The van der Waals surface area contributed by atoms with E-state index in [-0.39, 0.29) is 6.04 Å². The number of rotatable bonds is 3. The standard InChI is InChI=1S/C16H24N2O2/c1-10-8-13(18-14(9-10)12-6-7-12)11(2)17-15(19)20-16(3,4)5/h8-9,11-12H,6-7H2,1-5H3,(H,17,19)/t11-/m1/s1. The molecule has 110 valence electrons. The molecule has 1 N–H and O–H groups in total. The molecule has 0 spiro atoms. The van der Waals surface area contributed by atoms with Crippen LogP contribution in [0.2, 0.25) is 0 Å². The van der Waals surface area contributed by atoms with Crippen LogP contribution in [-0.2, 0) is 4.74 Å². The van der Waals surface area contributed by atoms with Crippen LogP contribution in [0.3, 0.4) is 0 Å². The van der Waals surface area contributed by atoms with E-state index >= 15 is 0 Å². The molecule has 1 fully saturated rings. The van der Waals surface area contributed by atoms with Gasteiger partial charge < -0.3 is 10.1 Å². The first-order valence-electron chi connectivity index (χ1n) is 7.22. The maximum Gasteiger partial charge on any atom is 0.408 e. The van der Waals surface area contributed by atoms with E-state index in [0.29, 0.717) is 5.92 Å². The first-order chi connectivity index (χ1) is 9.24. The van der Waals surface area contributed by atoms with Gasteiger partial charge in [-0.15, -0.1) is 0 Å². The molecule has 20 heavy (non-hydrogen) atoms. The Kier molecular flexibility index (Phi) is 4.02. The zero-order valence-corrected chi connectivity index (χ0v) is 13.0. The average molecular weight is 276 g/mol. The summed E-state index contributed by atoms with van der Waals surface area (Å²) in [5.41, 5.74) is 2.76. The van der Waals surface area contributed by atoms with Crippen molar-refractivity contribution in [2.45, 2.75) is 65.0 Å². The molecular weight excluding hydrogens is 252 g/mol. The van der Waals surface area contributed by atoms with Crippen LogP contribution < -0.4 is 5.32 Å². The van der Waals surface area contributed by atoms with Crippen LogP contribution >= 0.6 is 0 Å². The van der Waals surface area contributed by atoms with Crippen LogP contribution in [0, 0.1) is 6.92 Å². The van der Waals surface area contributed by atoms with Gasteiger partial charge in [0.1, 0.15) is 5.60 Å². The lowest BCUT2D eigenvalue weighted by atomic mass is 10.1. The maximum absolute atomic E-state index is 11.8. The summed E-state index contributed by atoms with van der Waals surface area (Å²) in [7, 11) is 0. The van der Waals surface area contributed by atoms with Crippen molar-refractivity contribution in [3.05, 3.63) is 29.1 Å². The second-order valence-electron chi connectivity index (χ2n) is 6.64. The molecule has 2 rings (SSSR count). The predicted molar refractivity (Wildman–Crippen MR) is 78.7 cm³/mol. The second-order valence-corrected chi connectivity index (χ2v) is 6.64. The lowest BCUT2D eigenvalue weighted by Gasteiger charge is -2.22.